The van der Waals surface area contributed by atoms with Gasteiger partial charge in [0.15, 0.2) is 0 Å². The monoisotopic (exact) mass is 253 g/mol. The van der Waals surface area contributed by atoms with E-state index in [2.05, 4.69) is 71.6 Å². The molecule has 2 heteroatoms. The predicted molar refractivity (Wildman–Crippen MR) is 79.8 cm³/mol. The molecule has 0 aliphatic carbocycles. The third kappa shape index (κ3) is 2.16. The second-order valence-electron chi connectivity index (χ2n) is 4.40. The molecule has 1 heterocycles. The molecule has 0 bridgehead atoms. The highest BCUT2D eigenvalue weighted by atomic mass is 32.2. The maximum atomic E-state index is 2.32. The molecule has 0 spiro atoms. The lowest BCUT2D eigenvalue weighted by atomic mass is 10.2. The van der Waals surface area contributed by atoms with E-state index in [1.54, 1.807) is 0 Å². The van der Waals surface area contributed by atoms with Crippen LogP contribution < -0.4 is 0 Å². The third-order valence-corrected chi connectivity index (χ3v) is 4.25. The molecule has 0 aliphatic rings. The summed E-state index contributed by atoms with van der Waals surface area (Å²) in [4.78, 5) is 0. The van der Waals surface area contributed by atoms with E-state index in [0.717, 1.165) is 5.75 Å². The number of benzene rings is 2. The van der Waals surface area contributed by atoms with E-state index in [1.807, 2.05) is 11.9 Å². The van der Waals surface area contributed by atoms with Crippen molar-refractivity contribution in [1.29, 1.82) is 0 Å². The smallest absolute Gasteiger partial charge is 0.0594 e. The van der Waals surface area contributed by atoms with Crippen molar-refractivity contribution in [3.63, 3.8) is 0 Å². The van der Waals surface area contributed by atoms with Gasteiger partial charge in [-0.2, -0.15) is 0 Å². The highest BCUT2D eigenvalue weighted by molar-refractivity contribution is 7.97. The molecule has 90 valence electrons. The summed E-state index contributed by atoms with van der Waals surface area (Å²) in [6, 6.07) is 21.4. The summed E-state index contributed by atoms with van der Waals surface area (Å²) in [5, 5.41) is 1.32. The summed E-state index contributed by atoms with van der Waals surface area (Å²) < 4.78 is 2.32. The van der Waals surface area contributed by atoms with Gasteiger partial charge < -0.3 is 0 Å². The quantitative estimate of drug-likeness (QED) is 0.658. The molecule has 0 unspecified atom stereocenters. The molecule has 0 N–H and O–H groups in total. The van der Waals surface area contributed by atoms with Crippen LogP contribution >= 0.6 is 11.9 Å². The summed E-state index contributed by atoms with van der Waals surface area (Å²) in [6.45, 7) is 2.16. The lowest BCUT2D eigenvalue weighted by molar-refractivity contribution is 1.20. The zero-order chi connectivity index (χ0) is 12.4. The van der Waals surface area contributed by atoms with Crippen molar-refractivity contribution in [2.45, 2.75) is 12.7 Å². The molecule has 0 aliphatic heterocycles. The second kappa shape index (κ2) is 4.91. The fourth-order valence-corrected chi connectivity index (χ4v) is 3.19. The van der Waals surface area contributed by atoms with Crippen molar-refractivity contribution in [3.8, 4) is 0 Å². The first kappa shape index (κ1) is 11.4. The van der Waals surface area contributed by atoms with Crippen LogP contribution in [0.1, 0.15) is 11.3 Å². The van der Waals surface area contributed by atoms with E-state index >= 15 is 0 Å². The fraction of sp³-hybridized carbons (Fsp3) is 0.125. The number of aromatic nitrogens is 1. The van der Waals surface area contributed by atoms with Gasteiger partial charge in [0.25, 0.3) is 0 Å². The van der Waals surface area contributed by atoms with Crippen molar-refractivity contribution >= 4 is 22.9 Å². The first-order valence-corrected chi connectivity index (χ1v) is 7.03. The first-order chi connectivity index (χ1) is 8.84. The molecule has 0 radical (unpaired) electrons. The highest BCUT2D eigenvalue weighted by Gasteiger charge is 2.05. The van der Waals surface area contributed by atoms with Crippen LogP contribution in [0.2, 0.25) is 0 Å². The molecule has 3 rings (SSSR count). The minimum atomic E-state index is 1.00. The molecule has 0 atom stereocenters. The first-order valence-electron chi connectivity index (χ1n) is 6.09. The zero-order valence-corrected chi connectivity index (χ0v) is 11.2. The normalized spacial score (nSPS) is 10.9. The molecule has 3 aromatic rings. The Morgan fingerprint density at radius 3 is 2.50 bits per heavy atom. The Balaban J connectivity index is 1.89. The Hall–Kier alpha value is -1.67. The second-order valence-corrected chi connectivity index (χ2v) is 5.31. The van der Waals surface area contributed by atoms with Gasteiger partial charge in [-0.25, -0.2) is 0 Å². The standard InChI is InChI=1S/C16H15NS/c1-13-11-15-9-5-6-10-16(15)17(13)18-12-14-7-3-2-4-8-14/h2-11H,12H2,1H3. The van der Waals surface area contributed by atoms with E-state index in [-0.39, 0.29) is 0 Å². The van der Waals surface area contributed by atoms with Crippen molar-refractivity contribution in [2.75, 3.05) is 0 Å². The van der Waals surface area contributed by atoms with Crippen molar-refractivity contribution in [1.82, 2.24) is 3.97 Å². The molecule has 18 heavy (non-hydrogen) atoms. The summed E-state index contributed by atoms with van der Waals surface area (Å²) >= 11 is 1.85. The van der Waals surface area contributed by atoms with Gasteiger partial charge in [0.2, 0.25) is 0 Å². The van der Waals surface area contributed by atoms with Crippen LogP contribution in [0.4, 0.5) is 0 Å². The van der Waals surface area contributed by atoms with E-state index in [9.17, 15) is 0 Å². The number of hydrogen-bond donors (Lipinski definition) is 0. The summed E-state index contributed by atoms with van der Waals surface area (Å²) in [7, 11) is 0. The number of aryl methyl sites for hydroxylation is 1. The summed E-state index contributed by atoms with van der Waals surface area (Å²) in [6.07, 6.45) is 0. The summed E-state index contributed by atoms with van der Waals surface area (Å²) in [5.41, 5.74) is 3.97. The van der Waals surface area contributed by atoms with E-state index in [4.69, 9.17) is 0 Å². The van der Waals surface area contributed by atoms with Gasteiger partial charge in [0.1, 0.15) is 0 Å². The van der Waals surface area contributed by atoms with Gasteiger partial charge in [0.05, 0.1) is 5.52 Å². The van der Waals surface area contributed by atoms with Crippen LogP contribution in [0.25, 0.3) is 10.9 Å². The SMILES string of the molecule is Cc1cc2ccccc2n1SCc1ccccc1. The number of nitrogens with zero attached hydrogens (tertiary/aromatic N) is 1. The van der Waals surface area contributed by atoms with Gasteiger partial charge in [-0.05, 0) is 36.6 Å². The minimum Gasteiger partial charge on any atom is -0.288 e. The Labute approximate surface area is 112 Å². The highest BCUT2D eigenvalue weighted by Crippen LogP contribution is 2.26. The average molecular weight is 253 g/mol. The summed E-state index contributed by atoms with van der Waals surface area (Å²) in [5.74, 6) is 1.00. The van der Waals surface area contributed by atoms with Gasteiger partial charge in [-0.15, -0.1) is 0 Å². The number of fused-ring (bicyclic) bond motifs is 1. The molecular formula is C16H15NS. The lowest BCUT2D eigenvalue weighted by Gasteiger charge is -2.07. The molecule has 1 nitrogen and oxygen atoms in total. The van der Waals surface area contributed by atoms with Gasteiger partial charge in [-0.1, -0.05) is 48.5 Å². The lowest BCUT2D eigenvalue weighted by Crippen LogP contribution is -1.90. The topological polar surface area (TPSA) is 4.93 Å². The fourth-order valence-electron chi connectivity index (χ4n) is 2.15. The minimum absolute atomic E-state index is 1.00. The third-order valence-electron chi connectivity index (χ3n) is 3.04. The Bertz CT molecular complexity index is 655. The molecule has 0 saturated heterocycles. The Kier molecular flexibility index (Phi) is 3.11. The molecule has 0 amide bonds. The van der Waals surface area contributed by atoms with Crippen molar-refractivity contribution in [2.24, 2.45) is 0 Å². The molecule has 0 saturated carbocycles. The molecular weight excluding hydrogens is 238 g/mol. The molecule has 2 aromatic carbocycles. The predicted octanol–water partition coefficient (Wildman–Crippen LogP) is 4.65. The zero-order valence-electron chi connectivity index (χ0n) is 10.3. The van der Waals surface area contributed by atoms with E-state index in [0.29, 0.717) is 0 Å². The molecule has 0 fully saturated rings. The number of rotatable bonds is 3. The maximum absolute atomic E-state index is 2.32. The van der Waals surface area contributed by atoms with Crippen LogP contribution in [0.5, 0.6) is 0 Å². The van der Waals surface area contributed by atoms with Crippen molar-refractivity contribution in [3.05, 3.63) is 71.9 Å². The number of hydrogen-bond acceptors (Lipinski definition) is 1. The Morgan fingerprint density at radius 1 is 0.944 bits per heavy atom. The van der Waals surface area contributed by atoms with Crippen LogP contribution in [-0.4, -0.2) is 3.97 Å². The Morgan fingerprint density at radius 2 is 1.67 bits per heavy atom. The average Bonchev–Trinajstić information content (AvgIpc) is 2.73. The van der Waals surface area contributed by atoms with Gasteiger partial charge >= 0.3 is 0 Å². The van der Waals surface area contributed by atoms with Gasteiger partial charge in [-0.3, -0.25) is 3.97 Å². The van der Waals surface area contributed by atoms with Gasteiger partial charge in [0, 0.05) is 16.8 Å². The molecule has 1 aromatic heterocycles. The van der Waals surface area contributed by atoms with Crippen LogP contribution in [0.15, 0.2) is 60.7 Å². The van der Waals surface area contributed by atoms with Crippen LogP contribution in [-0.2, 0) is 5.75 Å². The van der Waals surface area contributed by atoms with E-state index < -0.39 is 0 Å². The maximum Gasteiger partial charge on any atom is 0.0594 e. The number of para-hydroxylation sites is 1. The largest absolute Gasteiger partial charge is 0.288 e. The van der Waals surface area contributed by atoms with Crippen LogP contribution in [0, 0.1) is 6.92 Å². The van der Waals surface area contributed by atoms with Crippen molar-refractivity contribution < 1.29 is 0 Å². The van der Waals surface area contributed by atoms with Crippen LogP contribution in [0.3, 0.4) is 0 Å². The van der Waals surface area contributed by atoms with E-state index in [1.165, 1.54) is 22.2 Å².